The van der Waals surface area contributed by atoms with Gasteiger partial charge in [-0.3, -0.25) is 9.59 Å². The molecule has 0 atom stereocenters. The van der Waals surface area contributed by atoms with Gasteiger partial charge in [0.25, 0.3) is 0 Å². The third-order valence-corrected chi connectivity index (χ3v) is 9.24. The number of carbonyl (C=O) groups excluding carboxylic acids is 2. The van der Waals surface area contributed by atoms with Crippen LogP contribution in [0.3, 0.4) is 0 Å². The lowest BCUT2D eigenvalue weighted by Crippen LogP contribution is -2.11. The number of phenolic OH excluding ortho intramolecular Hbond substituents is 1. The second-order valence-corrected chi connectivity index (χ2v) is 13.0. The number of ketones is 2. The average Bonchev–Trinajstić information content (AvgIpc) is 3.21. The predicted molar refractivity (Wildman–Crippen MR) is 235 cm³/mol. The van der Waals surface area contributed by atoms with E-state index in [2.05, 4.69) is 44.6 Å². The maximum Gasteiger partial charge on any atom is 0.200 e. The van der Waals surface area contributed by atoms with Gasteiger partial charge in [0.15, 0.2) is 18.2 Å². The van der Waals surface area contributed by atoms with Crippen LogP contribution >= 0.6 is 61.7 Å². The molecule has 0 aliphatic heterocycles. The van der Waals surface area contributed by atoms with E-state index in [0.29, 0.717) is 26.7 Å². The maximum atomic E-state index is 12.3. The molecule has 4 nitrogen and oxygen atoms in total. The Labute approximate surface area is 340 Å². The molecule has 0 aliphatic carbocycles. The molecule has 0 heterocycles. The van der Waals surface area contributed by atoms with Crippen LogP contribution in [-0.2, 0) is 0 Å². The normalized spacial score (nSPS) is 10.4. The third kappa shape index (κ3) is 10.1. The van der Waals surface area contributed by atoms with Crippen LogP contribution in [0.2, 0.25) is 10.0 Å². The molecule has 266 valence electrons. The number of aromatic hydroxyl groups is 1. The van der Waals surface area contributed by atoms with Crippen LogP contribution in [0, 0.1) is 0 Å². The van der Waals surface area contributed by atoms with Crippen molar-refractivity contribution in [2.75, 3.05) is 16.9 Å². The summed E-state index contributed by atoms with van der Waals surface area (Å²) >= 11 is 17.4. The summed E-state index contributed by atoms with van der Waals surface area (Å²) in [6, 6.07) is 49.5. The number of benzene rings is 8. The number of rotatable bonds is 6. The fourth-order valence-electron chi connectivity index (χ4n) is 5.77. The lowest BCUT2D eigenvalue weighted by molar-refractivity contribution is 0.0922. The van der Waals surface area contributed by atoms with E-state index in [1.165, 1.54) is 0 Å². The fourth-order valence-corrected chi connectivity index (χ4v) is 6.44. The first-order valence-corrected chi connectivity index (χ1v) is 20.5. The monoisotopic (exact) mass is 914 g/mol. The molecule has 53 heavy (non-hydrogen) atoms. The van der Waals surface area contributed by atoms with Gasteiger partial charge in [-0.15, -0.1) is 0 Å². The number of fused-ring (bicyclic) bond motifs is 6. The summed E-state index contributed by atoms with van der Waals surface area (Å²) < 4.78 is 5.89. The number of alkyl halides is 2. The highest BCUT2D eigenvalue weighted by atomic mass is 127. The summed E-state index contributed by atoms with van der Waals surface area (Å²) in [5, 5.41) is 19.8. The minimum atomic E-state index is -0.0519. The first-order chi connectivity index (χ1) is 25.8. The van der Waals surface area contributed by atoms with Crippen molar-refractivity contribution in [1.29, 1.82) is 0 Å². The van der Waals surface area contributed by atoms with Crippen molar-refractivity contribution >= 4 is 116 Å². The van der Waals surface area contributed by atoms with E-state index in [1.807, 2.05) is 132 Å². The molecule has 0 aromatic heterocycles. The van der Waals surface area contributed by atoms with Gasteiger partial charge in [0.1, 0.15) is 11.5 Å². The number of ether oxygens (including phenoxy) is 1. The molecule has 0 unspecified atom stereocenters. The van der Waals surface area contributed by atoms with E-state index < -0.39 is 0 Å². The zero-order valence-corrected chi connectivity index (χ0v) is 33.9. The van der Waals surface area contributed by atoms with Crippen molar-refractivity contribution in [2.24, 2.45) is 0 Å². The molecule has 8 aromatic rings. The van der Waals surface area contributed by atoms with Gasteiger partial charge in [-0.1, -0.05) is 183 Å². The van der Waals surface area contributed by atoms with Crippen LogP contribution in [0.1, 0.15) is 20.7 Å². The highest BCUT2D eigenvalue weighted by Gasteiger charge is 2.12. The predicted octanol–water partition coefficient (Wildman–Crippen LogP) is 13.6. The highest BCUT2D eigenvalue weighted by Crippen LogP contribution is 2.36. The molecular formula is C45H34BrCl2IO4. The summed E-state index contributed by atoms with van der Waals surface area (Å²) in [4.78, 5) is 25.3. The van der Waals surface area contributed by atoms with Crippen LogP contribution < -0.4 is 4.74 Å². The molecule has 8 heteroatoms. The van der Waals surface area contributed by atoms with Crippen molar-refractivity contribution in [3.8, 4) is 11.5 Å². The first-order valence-electron chi connectivity index (χ1n) is 16.5. The topological polar surface area (TPSA) is 63.6 Å². The molecule has 8 rings (SSSR count). The van der Waals surface area contributed by atoms with Crippen molar-refractivity contribution in [3.63, 3.8) is 0 Å². The molecule has 0 saturated heterocycles. The zero-order valence-electron chi connectivity index (χ0n) is 28.6. The number of phenols is 1. The Morgan fingerprint density at radius 2 is 1.00 bits per heavy atom. The Kier molecular flexibility index (Phi) is 14.7. The van der Waals surface area contributed by atoms with Gasteiger partial charge in [0.05, 0.1) is 5.33 Å². The Balaban J connectivity index is 0.000000165. The van der Waals surface area contributed by atoms with Crippen molar-refractivity contribution in [3.05, 3.63) is 179 Å². The minimum Gasteiger partial charge on any atom is -0.507 e. The minimum absolute atomic E-state index is 0.00995. The van der Waals surface area contributed by atoms with Gasteiger partial charge in [-0.25, -0.2) is 0 Å². The molecule has 0 aliphatic rings. The zero-order chi connectivity index (χ0) is 37.7. The van der Waals surface area contributed by atoms with E-state index in [4.69, 9.17) is 27.9 Å². The number of hydrogen-bond donors (Lipinski definition) is 1. The summed E-state index contributed by atoms with van der Waals surface area (Å²) in [6.07, 6.45) is 0. The van der Waals surface area contributed by atoms with Crippen LogP contribution in [0.5, 0.6) is 11.5 Å². The average molecular weight is 916 g/mol. The molecule has 0 fully saturated rings. The Morgan fingerprint density at radius 1 is 0.547 bits per heavy atom. The summed E-state index contributed by atoms with van der Waals surface area (Å²) in [5.41, 5.74) is 1.41. The lowest BCUT2D eigenvalue weighted by atomic mass is 10.0. The lowest BCUT2D eigenvalue weighted by Gasteiger charge is -2.12. The van der Waals surface area contributed by atoms with Crippen LogP contribution in [0.4, 0.5) is 0 Å². The highest BCUT2D eigenvalue weighted by molar-refractivity contribution is 14.1. The Morgan fingerprint density at radius 3 is 1.55 bits per heavy atom. The largest absolute Gasteiger partial charge is 0.507 e. The van der Waals surface area contributed by atoms with E-state index in [0.717, 1.165) is 48.7 Å². The number of carbonyl (C=O) groups is 2. The van der Waals surface area contributed by atoms with Gasteiger partial charge >= 0.3 is 0 Å². The Hall–Kier alpha value is -4.47. The quantitative estimate of drug-likeness (QED) is 0.0781. The van der Waals surface area contributed by atoms with Crippen molar-refractivity contribution in [2.45, 2.75) is 0 Å². The van der Waals surface area contributed by atoms with E-state index in [9.17, 15) is 14.7 Å². The van der Waals surface area contributed by atoms with Crippen LogP contribution in [0.15, 0.2) is 158 Å². The second-order valence-electron chi connectivity index (χ2n) is 11.6. The molecule has 1 N–H and O–H groups in total. The van der Waals surface area contributed by atoms with Gasteiger partial charge in [0, 0.05) is 31.9 Å². The molecule has 0 bridgehead atoms. The van der Waals surface area contributed by atoms with Gasteiger partial charge < -0.3 is 9.84 Å². The van der Waals surface area contributed by atoms with E-state index >= 15 is 0 Å². The summed E-state index contributed by atoms with van der Waals surface area (Å²) in [7, 11) is 0. The Bertz CT molecular complexity index is 2490. The molecule has 0 amide bonds. The summed E-state index contributed by atoms with van der Waals surface area (Å²) in [5.74, 6) is 1.02. The maximum absolute atomic E-state index is 12.3. The third-order valence-electron chi connectivity index (χ3n) is 8.26. The smallest absolute Gasteiger partial charge is 0.200 e. The SMILES string of the molecule is CI.O=C(CBr)c1ccccc1.O=C(COc1cc2ccccc2c2ccc(Cl)cc12)c1ccccc1.Oc1cc2ccccc2c2ccc(Cl)cc12. The van der Waals surface area contributed by atoms with E-state index in [-0.39, 0.29) is 23.9 Å². The first kappa shape index (κ1) is 39.7. The van der Waals surface area contributed by atoms with Crippen LogP contribution in [0.25, 0.3) is 43.1 Å². The van der Waals surface area contributed by atoms with Gasteiger partial charge in [-0.2, -0.15) is 0 Å². The molecule has 0 radical (unpaired) electrons. The molecule has 0 saturated carbocycles. The van der Waals surface area contributed by atoms with Crippen LogP contribution in [-0.4, -0.2) is 33.5 Å². The van der Waals surface area contributed by atoms with Crippen molar-refractivity contribution < 1.29 is 19.4 Å². The second kappa shape index (κ2) is 19.6. The number of hydrogen-bond acceptors (Lipinski definition) is 4. The number of Topliss-reactive ketones (excluding diaryl/α,β-unsaturated/α-hetero) is 2. The van der Waals surface area contributed by atoms with Gasteiger partial charge in [-0.05, 0) is 73.6 Å². The number of halogens is 4. The molecular weight excluding hydrogens is 882 g/mol. The fraction of sp³-hybridized carbons (Fsp3) is 0.0667. The summed E-state index contributed by atoms with van der Waals surface area (Å²) in [6.45, 7) is -0.00995. The van der Waals surface area contributed by atoms with E-state index in [1.54, 1.807) is 24.3 Å². The standard InChI is InChI=1S/C22H15ClO2.C14H9ClO.C8H7BrO.CH3I/c23-17-10-11-19-18-9-5-4-8-16(18)12-22(20(19)13-17)25-14-21(24)15-6-2-1-3-7-15;15-10-5-6-12-11-4-2-1-3-9(11)7-14(16)13(12)8-10;9-6-8(10)7-4-2-1-3-5-7;1-2/h1-13H,14H2;1-8,16H;1-5H,6H2;1H3. The van der Waals surface area contributed by atoms with Crippen molar-refractivity contribution in [1.82, 2.24) is 0 Å². The van der Waals surface area contributed by atoms with Gasteiger partial charge in [0.2, 0.25) is 0 Å². The molecule has 0 spiro atoms. The molecule has 8 aromatic carbocycles.